The molecule has 0 radical (unpaired) electrons. The Morgan fingerprint density at radius 2 is 1.73 bits per heavy atom. The number of anilines is 1. The van der Waals surface area contributed by atoms with Crippen molar-refractivity contribution in [1.29, 1.82) is 0 Å². The molecular formula is C15H23N2O4P. The summed E-state index contributed by atoms with van der Waals surface area (Å²) in [6.45, 7) is 9.24. The zero-order valence-electron chi connectivity index (χ0n) is 13.6. The van der Waals surface area contributed by atoms with Crippen LogP contribution in [0, 0.1) is 13.8 Å². The highest BCUT2D eigenvalue weighted by atomic mass is 31.2. The van der Waals surface area contributed by atoms with Crippen LogP contribution >= 0.6 is 7.60 Å². The molecule has 6 nitrogen and oxygen atoms in total. The molecule has 2 atom stereocenters. The predicted octanol–water partition coefficient (Wildman–Crippen LogP) is 2.21. The van der Waals surface area contributed by atoms with Crippen LogP contribution in [0.3, 0.4) is 0 Å². The van der Waals surface area contributed by atoms with Crippen LogP contribution in [0.25, 0.3) is 0 Å². The molecular weight excluding hydrogens is 303 g/mol. The Labute approximate surface area is 130 Å². The third-order valence-corrected chi connectivity index (χ3v) is 6.30. The molecule has 122 valence electrons. The van der Waals surface area contributed by atoms with Crippen molar-refractivity contribution in [3.8, 4) is 0 Å². The van der Waals surface area contributed by atoms with E-state index in [0.29, 0.717) is 12.2 Å². The number of hydrogen-bond acceptors (Lipinski definition) is 3. The molecule has 0 saturated carbocycles. The number of nitrogens with zero attached hydrogens (tertiary/aromatic N) is 2. The van der Waals surface area contributed by atoms with Gasteiger partial charge >= 0.3 is 7.60 Å². The van der Waals surface area contributed by atoms with E-state index in [9.17, 15) is 19.1 Å². The highest BCUT2D eigenvalue weighted by Crippen LogP contribution is 2.57. The lowest BCUT2D eigenvalue weighted by atomic mass is 10.0. The van der Waals surface area contributed by atoms with Crippen molar-refractivity contribution >= 4 is 19.2 Å². The van der Waals surface area contributed by atoms with Crippen LogP contribution in [0.5, 0.6) is 0 Å². The first-order valence-corrected chi connectivity index (χ1v) is 8.90. The molecule has 7 heteroatoms. The van der Waals surface area contributed by atoms with E-state index >= 15 is 0 Å². The molecule has 0 bridgehead atoms. The molecule has 1 aromatic rings. The summed E-state index contributed by atoms with van der Waals surface area (Å²) in [5.74, 6) is -0.555. The van der Waals surface area contributed by atoms with Gasteiger partial charge in [0.2, 0.25) is 0 Å². The van der Waals surface area contributed by atoms with E-state index in [-0.39, 0.29) is 0 Å². The molecule has 2 unspecified atom stereocenters. The number of carbonyl (C=O) groups is 1. The van der Waals surface area contributed by atoms with Gasteiger partial charge in [0.05, 0.1) is 11.7 Å². The summed E-state index contributed by atoms with van der Waals surface area (Å²) in [6, 6.07) is 5.11. The van der Waals surface area contributed by atoms with Gasteiger partial charge in [0, 0.05) is 6.54 Å². The highest BCUT2D eigenvalue weighted by molar-refractivity contribution is 7.55. The smallest absolute Gasteiger partial charge is 0.324 e. The van der Waals surface area contributed by atoms with Crippen molar-refractivity contribution in [2.75, 3.05) is 11.6 Å². The SMILES string of the molecule is CCN1C(C)C(C)(P(=O)(O)O)C(=O)N1c1cc(C)cc(C)c1. The van der Waals surface area contributed by atoms with Gasteiger partial charge in [-0.15, -0.1) is 0 Å². The van der Waals surface area contributed by atoms with Gasteiger partial charge in [0.25, 0.3) is 5.91 Å². The van der Waals surface area contributed by atoms with Gasteiger partial charge in [-0.05, 0) is 51.0 Å². The number of hydrogen-bond donors (Lipinski definition) is 2. The zero-order chi connectivity index (χ0) is 16.9. The Hall–Kier alpha value is -1.20. The second-order valence-electron chi connectivity index (χ2n) is 6.09. The Bertz CT molecular complexity index is 637. The van der Waals surface area contributed by atoms with Gasteiger partial charge in [0.1, 0.15) is 0 Å². The number of carbonyl (C=O) groups excluding carboxylic acids is 1. The molecule has 0 spiro atoms. The molecule has 0 aliphatic carbocycles. The van der Waals surface area contributed by atoms with E-state index in [4.69, 9.17) is 0 Å². The Morgan fingerprint density at radius 3 is 2.14 bits per heavy atom. The molecule has 1 saturated heterocycles. The Morgan fingerprint density at radius 1 is 1.23 bits per heavy atom. The van der Waals surface area contributed by atoms with Crippen LogP contribution in [-0.2, 0) is 9.36 Å². The first-order chi connectivity index (χ1) is 10.0. The van der Waals surface area contributed by atoms with E-state index in [1.165, 1.54) is 11.9 Å². The van der Waals surface area contributed by atoms with Crippen molar-refractivity contribution < 1.29 is 19.1 Å². The zero-order valence-corrected chi connectivity index (χ0v) is 14.5. The normalized spacial score (nSPS) is 26.8. The van der Waals surface area contributed by atoms with Crippen LogP contribution in [0.1, 0.15) is 31.9 Å². The minimum atomic E-state index is -4.60. The van der Waals surface area contributed by atoms with Crippen LogP contribution < -0.4 is 5.01 Å². The number of hydrazine groups is 1. The lowest BCUT2D eigenvalue weighted by Gasteiger charge is -2.30. The molecule has 2 N–H and O–H groups in total. The standard InChI is InChI=1S/C15H23N2O4P/c1-6-16-12(4)15(5,22(19,20)21)14(18)17(16)13-8-10(2)7-11(3)9-13/h7-9,12H,6H2,1-5H3,(H2,19,20,21). The molecule has 22 heavy (non-hydrogen) atoms. The maximum atomic E-state index is 12.9. The number of benzene rings is 1. The van der Waals surface area contributed by atoms with Gasteiger partial charge < -0.3 is 9.79 Å². The summed E-state index contributed by atoms with van der Waals surface area (Å²) in [7, 11) is -4.60. The summed E-state index contributed by atoms with van der Waals surface area (Å²) >= 11 is 0. The van der Waals surface area contributed by atoms with E-state index in [1.54, 1.807) is 11.9 Å². The first kappa shape index (κ1) is 17.2. The quantitative estimate of drug-likeness (QED) is 0.833. The van der Waals surface area contributed by atoms with Crippen molar-refractivity contribution in [2.45, 2.75) is 45.8 Å². The molecule has 1 fully saturated rings. The molecule has 1 aliphatic rings. The second-order valence-corrected chi connectivity index (χ2v) is 8.10. The highest BCUT2D eigenvalue weighted by Gasteiger charge is 2.63. The molecule has 1 aromatic carbocycles. The second kappa shape index (κ2) is 5.46. The summed E-state index contributed by atoms with van der Waals surface area (Å²) < 4.78 is 12.0. The van der Waals surface area contributed by atoms with Gasteiger partial charge in [-0.25, -0.2) is 10.0 Å². The van der Waals surface area contributed by atoms with Crippen molar-refractivity contribution in [2.24, 2.45) is 0 Å². The summed E-state index contributed by atoms with van der Waals surface area (Å²) in [6.07, 6.45) is 0. The van der Waals surface area contributed by atoms with Crippen molar-refractivity contribution in [1.82, 2.24) is 5.01 Å². The van der Waals surface area contributed by atoms with E-state index < -0.39 is 24.7 Å². The minimum absolute atomic E-state index is 0.482. The average molecular weight is 326 g/mol. The lowest BCUT2D eigenvalue weighted by Crippen LogP contribution is -2.43. The maximum Gasteiger partial charge on any atom is 0.342 e. The van der Waals surface area contributed by atoms with Gasteiger partial charge in [-0.2, -0.15) is 0 Å². The van der Waals surface area contributed by atoms with Gasteiger partial charge in [-0.1, -0.05) is 13.0 Å². The van der Waals surface area contributed by atoms with Crippen LogP contribution in [0.15, 0.2) is 18.2 Å². The first-order valence-electron chi connectivity index (χ1n) is 7.29. The Balaban J connectivity index is 2.61. The van der Waals surface area contributed by atoms with Gasteiger partial charge in [-0.3, -0.25) is 9.36 Å². The average Bonchev–Trinajstić information content (AvgIpc) is 2.58. The topological polar surface area (TPSA) is 81.1 Å². The predicted molar refractivity (Wildman–Crippen MR) is 85.7 cm³/mol. The van der Waals surface area contributed by atoms with Gasteiger partial charge in [0.15, 0.2) is 5.16 Å². The largest absolute Gasteiger partial charge is 0.342 e. The monoisotopic (exact) mass is 326 g/mol. The third-order valence-electron chi connectivity index (χ3n) is 4.52. The lowest BCUT2D eigenvalue weighted by molar-refractivity contribution is -0.120. The van der Waals surface area contributed by atoms with Crippen molar-refractivity contribution in [3.05, 3.63) is 29.3 Å². The fourth-order valence-corrected chi connectivity index (χ4v) is 4.06. The summed E-state index contributed by atoms with van der Waals surface area (Å²) in [4.78, 5) is 32.4. The van der Waals surface area contributed by atoms with Crippen LogP contribution in [-0.4, -0.2) is 38.4 Å². The maximum absolute atomic E-state index is 12.9. The molecule has 0 aromatic heterocycles. The number of aryl methyl sites for hydroxylation is 2. The fourth-order valence-electron chi connectivity index (χ4n) is 3.09. The molecule has 1 amide bonds. The van der Waals surface area contributed by atoms with Crippen LogP contribution in [0.2, 0.25) is 0 Å². The minimum Gasteiger partial charge on any atom is -0.324 e. The number of rotatable bonds is 3. The van der Waals surface area contributed by atoms with E-state index in [1.807, 2.05) is 39.0 Å². The van der Waals surface area contributed by atoms with Crippen LogP contribution in [0.4, 0.5) is 5.69 Å². The van der Waals surface area contributed by atoms with E-state index in [2.05, 4.69) is 0 Å². The fraction of sp³-hybridized carbons (Fsp3) is 0.533. The molecule has 2 rings (SSSR count). The third kappa shape index (κ3) is 2.40. The number of amides is 1. The molecule has 1 aliphatic heterocycles. The van der Waals surface area contributed by atoms with Crippen molar-refractivity contribution in [3.63, 3.8) is 0 Å². The molecule has 1 heterocycles. The van der Waals surface area contributed by atoms with E-state index in [0.717, 1.165) is 11.1 Å². The Kier molecular flexibility index (Phi) is 4.26. The summed E-state index contributed by atoms with van der Waals surface area (Å²) in [5, 5.41) is 1.40. The summed E-state index contributed by atoms with van der Waals surface area (Å²) in [5.41, 5.74) is 2.64.